The zero-order chi connectivity index (χ0) is 30.8. The first-order valence-corrected chi connectivity index (χ1v) is 15.5. The van der Waals surface area contributed by atoms with Crippen LogP contribution in [0.3, 0.4) is 0 Å². The lowest BCUT2D eigenvalue weighted by Crippen LogP contribution is -2.42. The van der Waals surface area contributed by atoms with Crippen LogP contribution in [-0.2, 0) is 20.9 Å². The number of pyridine rings is 1. The first kappa shape index (κ1) is 29.7. The molecule has 0 unspecified atom stereocenters. The van der Waals surface area contributed by atoms with Gasteiger partial charge in [0.2, 0.25) is 5.91 Å². The quantitative estimate of drug-likeness (QED) is 0.277. The van der Waals surface area contributed by atoms with Crippen molar-refractivity contribution in [1.82, 2.24) is 29.8 Å². The van der Waals surface area contributed by atoms with Crippen molar-refractivity contribution in [2.75, 3.05) is 19.6 Å². The maximum absolute atomic E-state index is 12.6. The van der Waals surface area contributed by atoms with Gasteiger partial charge < -0.3 is 10.1 Å². The number of fused-ring (bicyclic) bond motifs is 3. The standard InChI is InChI=1S/C35H40N6O3/c1-23-18-30-36-20-28-19-29(25-8-6-5-7-9-25)32(38-33(28)41(30)39-23)26-12-10-24(11-13-26)22-40-16-14-27(15-17-40)34(43)37-21-31(42)44-35(2,3)4/h5-6,8,10-13,18-20,27H,7,9,14-17,21-22H2,1-4H3,(H,37,43). The molecule has 0 atom stereocenters. The number of aromatic nitrogens is 4. The van der Waals surface area contributed by atoms with Crippen molar-refractivity contribution in [3.8, 4) is 11.3 Å². The van der Waals surface area contributed by atoms with E-state index < -0.39 is 11.6 Å². The van der Waals surface area contributed by atoms with E-state index in [1.54, 1.807) is 0 Å². The van der Waals surface area contributed by atoms with E-state index in [2.05, 4.69) is 68.9 Å². The van der Waals surface area contributed by atoms with Crippen LogP contribution in [-0.4, -0.2) is 61.6 Å². The molecule has 9 nitrogen and oxygen atoms in total. The topological polar surface area (TPSA) is 102 Å². The Morgan fingerprint density at radius 2 is 1.86 bits per heavy atom. The monoisotopic (exact) mass is 592 g/mol. The molecular formula is C35H40N6O3. The number of allylic oxidation sites excluding steroid dienone is 4. The number of likely N-dealkylation sites (tertiary alicyclic amines) is 1. The van der Waals surface area contributed by atoms with E-state index in [9.17, 15) is 9.59 Å². The maximum atomic E-state index is 12.6. The smallest absolute Gasteiger partial charge is 0.325 e. The Balaban J connectivity index is 1.14. The Morgan fingerprint density at radius 3 is 2.57 bits per heavy atom. The summed E-state index contributed by atoms with van der Waals surface area (Å²) in [6, 6.07) is 12.9. The van der Waals surface area contributed by atoms with E-state index in [-0.39, 0.29) is 18.4 Å². The molecule has 0 saturated carbocycles. The largest absolute Gasteiger partial charge is 0.459 e. The van der Waals surface area contributed by atoms with Crippen molar-refractivity contribution in [2.24, 2.45) is 5.92 Å². The number of hydrogen-bond donors (Lipinski definition) is 1. The van der Waals surface area contributed by atoms with Gasteiger partial charge in [0.05, 0.1) is 11.4 Å². The van der Waals surface area contributed by atoms with Crippen molar-refractivity contribution < 1.29 is 14.3 Å². The van der Waals surface area contributed by atoms with Gasteiger partial charge in [-0.25, -0.2) is 9.97 Å². The van der Waals surface area contributed by atoms with E-state index >= 15 is 0 Å². The molecule has 1 N–H and O–H groups in total. The number of rotatable bonds is 7. The third kappa shape index (κ3) is 6.73. The minimum Gasteiger partial charge on any atom is -0.459 e. The summed E-state index contributed by atoms with van der Waals surface area (Å²) in [6.07, 6.45) is 11.9. The first-order chi connectivity index (χ1) is 21.1. The van der Waals surface area contributed by atoms with Gasteiger partial charge in [-0.2, -0.15) is 9.61 Å². The lowest BCUT2D eigenvalue weighted by Gasteiger charge is -2.31. The number of esters is 1. The number of nitrogens with one attached hydrogen (secondary N) is 1. The number of benzene rings is 1. The molecule has 1 amide bonds. The average molecular weight is 593 g/mol. The Hall–Kier alpha value is -4.37. The fraction of sp³-hybridized carbons (Fsp3) is 0.400. The Labute approximate surface area is 258 Å². The fourth-order valence-electron chi connectivity index (χ4n) is 6.01. The second-order valence-electron chi connectivity index (χ2n) is 12.8. The highest BCUT2D eigenvalue weighted by molar-refractivity contribution is 5.89. The van der Waals surface area contributed by atoms with Crippen molar-refractivity contribution in [1.29, 1.82) is 0 Å². The van der Waals surface area contributed by atoms with Gasteiger partial charge in [0.1, 0.15) is 12.1 Å². The molecule has 0 radical (unpaired) electrons. The summed E-state index contributed by atoms with van der Waals surface area (Å²) in [5.74, 6) is -0.565. The molecule has 44 heavy (non-hydrogen) atoms. The van der Waals surface area contributed by atoms with Crippen LogP contribution in [0, 0.1) is 12.8 Å². The van der Waals surface area contributed by atoms with Gasteiger partial charge in [0, 0.05) is 41.2 Å². The number of carbonyl (C=O) groups excluding carboxylic acids is 2. The number of carbonyl (C=O) groups is 2. The molecule has 0 spiro atoms. The highest BCUT2D eigenvalue weighted by Gasteiger charge is 2.26. The number of amides is 1. The summed E-state index contributed by atoms with van der Waals surface area (Å²) in [4.78, 5) is 36.8. The summed E-state index contributed by atoms with van der Waals surface area (Å²) in [7, 11) is 0. The van der Waals surface area contributed by atoms with Gasteiger partial charge in [0.25, 0.3) is 0 Å². The zero-order valence-electron chi connectivity index (χ0n) is 26.0. The summed E-state index contributed by atoms with van der Waals surface area (Å²) < 4.78 is 7.13. The zero-order valence-corrected chi connectivity index (χ0v) is 26.0. The molecular weight excluding hydrogens is 552 g/mol. The summed E-state index contributed by atoms with van der Waals surface area (Å²) >= 11 is 0. The predicted octanol–water partition coefficient (Wildman–Crippen LogP) is 5.66. The summed E-state index contributed by atoms with van der Waals surface area (Å²) in [5, 5.41) is 8.38. The fourth-order valence-corrected chi connectivity index (χ4v) is 6.01. The maximum Gasteiger partial charge on any atom is 0.325 e. The van der Waals surface area contributed by atoms with E-state index in [1.807, 2.05) is 44.5 Å². The van der Waals surface area contributed by atoms with Gasteiger partial charge in [-0.05, 0) is 83.7 Å². The van der Waals surface area contributed by atoms with E-state index in [4.69, 9.17) is 9.72 Å². The van der Waals surface area contributed by atoms with Crippen LogP contribution in [0.25, 0.3) is 33.5 Å². The van der Waals surface area contributed by atoms with E-state index in [0.717, 1.165) is 84.5 Å². The van der Waals surface area contributed by atoms with Crippen LogP contribution < -0.4 is 5.32 Å². The molecule has 2 aliphatic rings. The first-order valence-electron chi connectivity index (χ1n) is 15.5. The van der Waals surface area contributed by atoms with Gasteiger partial charge in [-0.15, -0.1) is 0 Å². The normalized spacial score (nSPS) is 16.3. The van der Waals surface area contributed by atoms with Crippen LogP contribution in [0.2, 0.25) is 0 Å². The summed E-state index contributed by atoms with van der Waals surface area (Å²) in [5.41, 5.74) is 7.58. The van der Waals surface area contributed by atoms with Gasteiger partial charge in [0.15, 0.2) is 11.3 Å². The predicted molar refractivity (Wildman–Crippen MR) is 172 cm³/mol. The van der Waals surface area contributed by atoms with Crippen LogP contribution in [0.15, 0.2) is 60.8 Å². The van der Waals surface area contributed by atoms with Gasteiger partial charge >= 0.3 is 5.97 Å². The van der Waals surface area contributed by atoms with E-state index in [0.29, 0.717) is 0 Å². The van der Waals surface area contributed by atoms with Crippen molar-refractivity contribution in [3.05, 3.63) is 77.6 Å². The SMILES string of the molecule is Cc1cc2ncc3cc(C4=CC=CCC4)c(-c4ccc(CN5CCC(C(=O)NCC(=O)OC(C)(C)C)CC5)cc4)nc3n2n1. The van der Waals surface area contributed by atoms with Crippen molar-refractivity contribution in [3.63, 3.8) is 0 Å². The van der Waals surface area contributed by atoms with Gasteiger partial charge in [-0.1, -0.05) is 42.5 Å². The Morgan fingerprint density at radius 1 is 1.09 bits per heavy atom. The molecule has 228 valence electrons. The molecule has 1 aromatic carbocycles. The number of piperidine rings is 1. The number of ether oxygens (including phenoxy) is 1. The Bertz CT molecular complexity index is 1760. The Kier molecular flexibility index (Phi) is 8.31. The molecule has 6 rings (SSSR count). The molecule has 9 heteroatoms. The second-order valence-corrected chi connectivity index (χ2v) is 12.8. The third-order valence-electron chi connectivity index (χ3n) is 8.16. The molecule has 1 aliphatic carbocycles. The number of nitrogens with zero attached hydrogens (tertiary/aromatic N) is 5. The molecule has 1 aliphatic heterocycles. The van der Waals surface area contributed by atoms with Crippen molar-refractivity contribution >= 4 is 34.1 Å². The minimum absolute atomic E-state index is 0.0690. The highest BCUT2D eigenvalue weighted by Crippen LogP contribution is 2.34. The number of aryl methyl sites for hydroxylation is 1. The lowest BCUT2D eigenvalue weighted by atomic mass is 9.92. The van der Waals surface area contributed by atoms with Crippen LogP contribution >= 0.6 is 0 Å². The van der Waals surface area contributed by atoms with E-state index in [1.165, 1.54) is 11.1 Å². The molecule has 1 saturated heterocycles. The highest BCUT2D eigenvalue weighted by atomic mass is 16.6. The number of hydrogen-bond acceptors (Lipinski definition) is 7. The second kappa shape index (κ2) is 12.3. The average Bonchev–Trinajstić information content (AvgIpc) is 3.40. The van der Waals surface area contributed by atoms with Crippen LogP contribution in [0.1, 0.15) is 63.3 Å². The molecule has 4 aromatic rings. The minimum atomic E-state index is -0.561. The lowest BCUT2D eigenvalue weighted by molar-refractivity contribution is -0.154. The molecule has 1 fully saturated rings. The summed E-state index contributed by atoms with van der Waals surface area (Å²) in [6.45, 7) is 9.81. The van der Waals surface area contributed by atoms with Crippen LogP contribution in [0.5, 0.6) is 0 Å². The molecule has 0 bridgehead atoms. The van der Waals surface area contributed by atoms with Crippen LogP contribution in [0.4, 0.5) is 0 Å². The third-order valence-corrected chi connectivity index (χ3v) is 8.16. The molecule has 3 aromatic heterocycles. The van der Waals surface area contributed by atoms with Crippen molar-refractivity contribution in [2.45, 2.75) is 65.5 Å². The van der Waals surface area contributed by atoms with Gasteiger partial charge in [-0.3, -0.25) is 14.5 Å². The molecule has 4 heterocycles.